The standard InChI is InChI=1S/C15H25NO5.C11H17NO5/c1-14(2,3)20-12(18)11-7-10(9-17)8-16(11)13(19)21-15(4,5)6;1-11(2,3)17-10(16)12-5-7(6-13)4-8(12)9(14)15/h8,11,17H,7,9H2,1-6H3;5,8,13H,4,6H2,1-3H3,(H,14,15)/t11-;8-/m00/s1. The third-order valence-electron chi connectivity index (χ3n) is 4.80. The molecule has 2 atom stereocenters. The van der Waals surface area contributed by atoms with Gasteiger partial charge in [-0.2, -0.15) is 0 Å². The van der Waals surface area contributed by atoms with Crippen LogP contribution in [0.1, 0.15) is 75.2 Å². The molecule has 38 heavy (non-hydrogen) atoms. The number of rotatable bonds is 4. The zero-order chi connectivity index (χ0) is 29.6. The van der Waals surface area contributed by atoms with Gasteiger partial charge in [0.25, 0.3) is 0 Å². The molecule has 2 aliphatic rings. The molecule has 0 aromatic rings. The van der Waals surface area contributed by atoms with E-state index in [0.29, 0.717) is 11.1 Å². The lowest BCUT2D eigenvalue weighted by Gasteiger charge is -2.29. The van der Waals surface area contributed by atoms with Crippen molar-refractivity contribution in [2.45, 2.75) is 104 Å². The van der Waals surface area contributed by atoms with Crippen LogP contribution in [0.25, 0.3) is 0 Å². The summed E-state index contributed by atoms with van der Waals surface area (Å²) >= 11 is 0. The molecule has 3 N–H and O–H groups in total. The van der Waals surface area contributed by atoms with E-state index < -0.39 is 53.0 Å². The van der Waals surface area contributed by atoms with Gasteiger partial charge in [0, 0.05) is 25.2 Å². The van der Waals surface area contributed by atoms with Gasteiger partial charge in [-0.25, -0.2) is 19.2 Å². The molecular weight excluding hydrogens is 500 g/mol. The van der Waals surface area contributed by atoms with Crippen molar-refractivity contribution >= 4 is 24.1 Å². The smallest absolute Gasteiger partial charge is 0.415 e. The first-order chi connectivity index (χ1) is 17.2. The van der Waals surface area contributed by atoms with Crippen molar-refractivity contribution in [2.75, 3.05) is 13.2 Å². The number of carbonyl (C=O) groups is 4. The highest BCUT2D eigenvalue weighted by Gasteiger charge is 2.39. The molecule has 12 heteroatoms. The number of carboxylic acids is 1. The maximum absolute atomic E-state index is 12.2. The molecule has 2 amide bonds. The summed E-state index contributed by atoms with van der Waals surface area (Å²) in [7, 11) is 0. The molecule has 0 aliphatic carbocycles. The summed E-state index contributed by atoms with van der Waals surface area (Å²) in [5.74, 6) is -1.62. The van der Waals surface area contributed by atoms with Crippen molar-refractivity contribution < 1.29 is 48.7 Å². The molecule has 216 valence electrons. The van der Waals surface area contributed by atoms with Crippen LogP contribution in [-0.4, -0.2) is 91.3 Å². The Morgan fingerprint density at radius 2 is 1.05 bits per heavy atom. The van der Waals surface area contributed by atoms with Crippen molar-refractivity contribution in [3.8, 4) is 0 Å². The molecule has 0 bridgehead atoms. The van der Waals surface area contributed by atoms with Crippen LogP contribution in [0.3, 0.4) is 0 Å². The SMILES string of the molecule is CC(C)(C)OC(=O)N1C=C(CO)C[C@H]1C(=O)O.CC(C)(C)OC(=O)[C@@H]1CC(CO)=CN1C(=O)OC(C)(C)C. The molecule has 0 spiro atoms. The molecule has 2 aliphatic heterocycles. The van der Waals surface area contributed by atoms with Gasteiger partial charge in [-0.15, -0.1) is 0 Å². The summed E-state index contributed by atoms with van der Waals surface area (Å²) in [5.41, 5.74) is -0.889. The van der Waals surface area contributed by atoms with Gasteiger partial charge in [0.15, 0.2) is 0 Å². The highest BCUT2D eigenvalue weighted by atomic mass is 16.6. The predicted molar refractivity (Wildman–Crippen MR) is 137 cm³/mol. The van der Waals surface area contributed by atoms with Crippen LogP contribution in [0.2, 0.25) is 0 Å². The fourth-order valence-electron chi connectivity index (χ4n) is 3.35. The Morgan fingerprint density at radius 3 is 1.37 bits per heavy atom. The van der Waals surface area contributed by atoms with Crippen LogP contribution in [0.15, 0.2) is 23.5 Å². The summed E-state index contributed by atoms with van der Waals surface area (Å²) in [6.07, 6.45) is 1.85. The predicted octanol–water partition coefficient (Wildman–Crippen LogP) is 3.17. The van der Waals surface area contributed by atoms with E-state index in [0.717, 1.165) is 4.90 Å². The Kier molecular flexibility index (Phi) is 10.9. The highest BCUT2D eigenvalue weighted by molar-refractivity contribution is 5.84. The third kappa shape index (κ3) is 10.7. The number of amides is 2. The first kappa shape index (κ1) is 32.9. The van der Waals surface area contributed by atoms with Gasteiger partial charge in [0.1, 0.15) is 28.9 Å². The Bertz CT molecular complexity index is 951. The number of carbonyl (C=O) groups excluding carboxylic acids is 3. The molecule has 0 aromatic carbocycles. The van der Waals surface area contributed by atoms with E-state index in [-0.39, 0.29) is 26.1 Å². The molecule has 2 heterocycles. The van der Waals surface area contributed by atoms with Gasteiger partial charge in [-0.3, -0.25) is 9.80 Å². The molecule has 2 rings (SSSR count). The van der Waals surface area contributed by atoms with Crippen molar-refractivity contribution in [1.29, 1.82) is 0 Å². The Morgan fingerprint density at radius 1 is 0.711 bits per heavy atom. The first-order valence-electron chi connectivity index (χ1n) is 12.3. The van der Waals surface area contributed by atoms with Gasteiger partial charge >= 0.3 is 24.1 Å². The zero-order valence-corrected chi connectivity index (χ0v) is 23.7. The summed E-state index contributed by atoms with van der Waals surface area (Å²) < 4.78 is 15.7. The molecule has 12 nitrogen and oxygen atoms in total. The topological polar surface area (TPSA) is 163 Å². The number of esters is 1. The van der Waals surface area contributed by atoms with Crippen LogP contribution < -0.4 is 0 Å². The Balaban J connectivity index is 0.000000389. The summed E-state index contributed by atoms with van der Waals surface area (Å²) in [6.45, 7) is 15.2. The number of aliphatic carboxylic acids is 1. The minimum atomic E-state index is -1.12. The van der Waals surface area contributed by atoms with Gasteiger partial charge in [-0.1, -0.05) is 0 Å². The average molecular weight is 543 g/mol. The normalized spacial score (nSPS) is 19.7. The second-order valence-electron chi connectivity index (χ2n) is 12.0. The molecule has 0 fully saturated rings. The van der Waals surface area contributed by atoms with Gasteiger partial charge < -0.3 is 29.5 Å². The van der Waals surface area contributed by atoms with Crippen molar-refractivity contribution in [1.82, 2.24) is 9.80 Å². The quantitative estimate of drug-likeness (QED) is 0.355. The average Bonchev–Trinajstić information content (AvgIpc) is 3.35. The van der Waals surface area contributed by atoms with E-state index in [1.165, 1.54) is 17.3 Å². The Hall–Kier alpha value is -3.12. The van der Waals surface area contributed by atoms with Gasteiger partial charge in [0.05, 0.1) is 13.2 Å². The third-order valence-corrected chi connectivity index (χ3v) is 4.80. The number of carboxylic acid groups (broad SMARTS) is 1. The number of aliphatic hydroxyl groups is 2. The maximum Gasteiger partial charge on any atom is 0.415 e. The molecule has 0 aromatic heterocycles. The summed E-state index contributed by atoms with van der Waals surface area (Å²) in [6, 6.07) is -1.78. The van der Waals surface area contributed by atoms with Crippen LogP contribution in [0.4, 0.5) is 9.59 Å². The van der Waals surface area contributed by atoms with Gasteiger partial charge in [0.2, 0.25) is 0 Å². The number of hydrogen-bond donors (Lipinski definition) is 3. The lowest BCUT2D eigenvalue weighted by Crippen LogP contribution is -2.44. The monoisotopic (exact) mass is 542 g/mol. The second kappa shape index (κ2) is 12.6. The van der Waals surface area contributed by atoms with Crippen LogP contribution in [0, 0.1) is 0 Å². The van der Waals surface area contributed by atoms with E-state index in [9.17, 15) is 24.3 Å². The van der Waals surface area contributed by atoms with Crippen molar-refractivity contribution in [3.05, 3.63) is 23.5 Å². The van der Waals surface area contributed by atoms with Crippen molar-refractivity contribution in [3.63, 3.8) is 0 Å². The largest absolute Gasteiger partial charge is 0.480 e. The number of aliphatic hydroxyl groups excluding tert-OH is 2. The Labute approximate surface area is 223 Å². The van der Waals surface area contributed by atoms with E-state index in [1.807, 2.05) is 0 Å². The van der Waals surface area contributed by atoms with Crippen molar-refractivity contribution in [2.24, 2.45) is 0 Å². The van der Waals surface area contributed by atoms with E-state index in [4.69, 9.17) is 24.4 Å². The summed E-state index contributed by atoms with van der Waals surface area (Å²) in [5, 5.41) is 27.2. The van der Waals surface area contributed by atoms with Crippen LogP contribution in [0.5, 0.6) is 0 Å². The van der Waals surface area contributed by atoms with Crippen LogP contribution in [-0.2, 0) is 23.8 Å². The van der Waals surface area contributed by atoms with E-state index in [2.05, 4.69) is 0 Å². The second-order valence-corrected chi connectivity index (χ2v) is 12.0. The minimum Gasteiger partial charge on any atom is -0.480 e. The zero-order valence-electron chi connectivity index (χ0n) is 23.7. The number of ether oxygens (including phenoxy) is 3. The summed E-state index contributed by atoms with van der Waals surface area (Å²) in [4.78, 5) is 49.3. The molecular formula is C26H42N2O10. The molecule has 0 saturated heterocycles. The molecule has 0 saturated carbocycles. The number of hydrogen-bond acceptors (Lipinski definition) is 9. The van der Waals surface area contributed by atoms with Gasteiger partial charge in [-0.05, 0) is 73.5 Å². The fraction of sp³-hybridized carbons (Fsp3) is 0.692. The van der Waals surface area contributed by atoms with E-state index in [1.54, 1.807) is 62.3 Å². The maximum atomic E-state index is 12.2. The lowest BCUT2D eigenvalue weighted by molar-refractivity contribution is -0.159. The molecule has 0 unspecified atom stereocenters. The minimum absolute atomic E-state index is 0.130. The molecule has 0 radical (unpaired) electrons. The van der Waals surface area contributed by atoms with Crippen LogP contribution >= 0.6 is 0 Å². The lowest BCUT2D eigenvalue weighted by atomic mass is 10.1. The first-order valence-corrected chi connectivity index (χ1v) is 12.3. The van der Waals surface area contributed by atoms with E-state index >= 15 is 0 Å². The highest BCUT2D eigenvalue weighted by Crippen LogP contribution is 2.27. The fourth-order valence-corrected chi connectivity index (χ4v) is 3.35. The number of nitrogens with zero attached hydrogens (tertiary/aromatic N) is 2.